The highest BCUT2D eigenvalue weighted by molar-refractivity contribution is 6.31. The van der Waals surface area contributed by atoms with E-state index in [0.29, 0.717) is 29.1 Å². The van der Waals surface area contributed by atoms with E-state index in [1.54, 1.807) is 18.2 Å². The highest BCUT2D eigenvalue weighted by Gasteiger charge is 2.78. The fraction of sp³-hybridized carbons (Fsp3) is 0.464. The van der Waals surface area contributed by atoms with Crippen molar-refractivity contribution in [3.8, 4) is 0 Å². The van der Waals surface area contributed by atoms with Gasteiger partial charge in [-0.1, -0.05) is 41.4 Å². The van der Waals surface area contributed by atoms with Crippen LogP contribution in [0.25, 0.3) is 0 Å². The lowest BCUT2D eigenvalue weighted by Gasteiger charge is -2.59. The molecule has 2 aromatic carbocycles. The summed E-state index contributed by atoms with van der Waals surface area (Å²) in [6, 6.07) is 7.63. The van der Waals surface area contributed by atoms with Gasteiger partial charge in [-0.2, -0.15) is 0 Å². The van der Waals surface area contributed by atoms with Crippen molar-refractivity contribution in [1.29, 1.82) is 0 Å². The molecule has 3 amide bonds. The van der Waals surface area contributed by atoms with Crippen LogP contribution in [0.1, 0.15) is 42.7 Å². The fourth-order valence-corrected chi connectivity index (χ4v) is 7.97. The molecule has 0 unspecified atom stereocenters. The zero-order valence-electron chi connectivity index (χ0n) is 21.2. The average Bonchev–Trinajstić information content (AvgIpc) is 3.33. The molecule has 2 aliphatic heterocycles. The Kier molecular flexibility index (Phi) is 6.40. The van der Waals surface area contributed by atoms with Gasteiger partial charge < -0.3 is 16.4 Å². The molecule has 2 aromatic rings. The molecular weight excluding hydrogens is 568 g/mol. The zero-order chi connectivity index (χ0) is 28.6. The predicted octanol–water partition coefficient (Wildman–Crippen LogP) is 3.92. The van der Waals surface area contributed by atoms with Crippen molar-refractivity contribution in [2.24, 2.45) is 17.1 Å². The topological polar surface area (TPSA) is 113 Å². The Morgan fingerprint density at radius 1 is 1.10 bits per heavy atom. The molecule has 40 heavy (non-hydrogen) atoms. The summed E-state index contributed by atoms with van der Waals surface area (Å²) in [5.41, 5.74) is 1.98. The monoisotopic (exact) mass is 594 g/mol. The standard InChI is InChI=1S/C28H27Cl2F3N4O3/c29-14-4-5-17-19(8-14)36-25(40)28(17)20(16-2-1-3-18(30)21(16)33)22(24(39)35-15-6-13(7-15)23(34)38)37-27(28)9-26(10-27,11-31)12-32/h1-5,8,13,15,20,22,37H,6-7,9-12H2,(H2,34,38)(H,35,39)(H,36,40)/t13-,15-,20-,22+,28+/m0/s1. The number of fused-ring (bicyclic) bond motifs is 3. The van der Waals surface area contributed by atoms with Gasteiger partial charge in [0.05, 0.1) is 24.4 Å². The second kappa shape index (κ2) is 9.36. The normalized spacial score (nSPS) is 30.9. The molecule has 2 aliphatic carbocycles. The van der Waals surface area contributed by atoms with Gasteiger partial charge in [-0.3, -0.25) is 28.5 Å². The molecule has 0 aromatic heterocycles. The number of amides is 3. The molecule has 3 atom stereocenters. The molecule has 3 fully saturated rings. The fourth-order valence-electron chi connectivity index (χ4n) is 7.62. The zero-order valence-corrected chi connectivity index (χ0v) is 22.7. The van der Waals surface area contributed by atoms with Gasteiger partial charge in [0, 0.05) is 39.5 Å². The highest BCUT2D eigenvalue weighted by Crippen LogP contribution is 2.68. The Hall–Kier alpha value is -2.82. The SMILES string of the molecule is NC(=O)[C@H]1C[C@H](NC(=O)[C@@H]2NC3(CC(CF)(CF)C3)[C@@]3(C(=O)Nc4cc(Cl)ccc43)[C@H]2c2cccc(Cl)c2F)C1. The van der Waals surface area contributed by atoms with Crippen LogP contribution in [0.5, 0.6) is 0 Å². The molecular formula is C28H27Cl2F3N4O3. The molecule has 7 nitrogen and oxygen atoms in total. The van der Waals surface area contributed by atoms with Crippen LogP contribution in [0, 0.1) is 17.2 Å². The summed E-state index contributed by atoms with van der Waals surface area (Å²) in [5.74, 6) is -3.80. The summed E-state index contributed by atoms with van der Waals surface area (Å²) in [5, 5.41) is 9.19. The number of hydrogen-bond donors (Lipinski definition) is 4. The van der Waals surface area contributed by atoms with E-state index in [4.69, 9.17) is 28.9 Å². The summed E-state index contributed by atoms with van der Waals surface area (Å²) >= 11 is 12.4. The van der Waals surface area contributed by atoms with Crippen molar-refractivity contribution in [3.05, 3.63) is 63.4 Å². The molecule has 0 radical (unpaired) electrons. The molecule has 2 heterocycles. The number of anilines is 1. The molecule has 1 saturated heterocycles. The minimum absolute atomic E-state index is 0.0246. The summed E-state index contributed by atoms with van der Waals surface area (Å²) in [6.07, 6.45) is 0.514. The van der Waals surface area contributed by atoms with Gasteiger partial charge >= 0.3 is 0 Å². The van der Waals surface area contributed by atoms with Gasteiger partial charge in [0.2, 0.25) is 17.7 Å². The number of rotatable bonds is 6. The first-order valence-corrected chi connectivity index (χ1v) is 13.8. The van der Waals surface area contributed by atoms with Crippen LogP contribution in [-0.4, -0.2) is 48.7 Å². The third kappa shape index (κ3) is 3.65. The molecule has 4 aliphatic rings. The maximum atomic E-state index is 15.8. The molecule has 212 valence electrons. The van der Waals surface area contributed by atoms with E-state index in [2.05, 4.69) is 16.0 Å². The van der Waals surface area contributed by atoms with E-state index in [1.807, 2.05) is 0 Å². The third-order valence-electron chi connectivity index (χ3n) is 9.41. The second-order valence-corrected chi connectivity index (χ2v) is 12.5. The smallest absolute Gasteiger partial charge is 0.238 e. The van der Waals surface area contributed by atoms with Crippen molar-refractivity contribution in [3.63, 3.8) is 0 Å². The number of nitrogens with one attached hydrogen (secondary N) is 3. The maximum absolute atomic E-state index is 15.8. The number of hydrogen-bond acceptors (Lipinski definition) is 4. The van der Waals surface area contributed by atoms with Crippen LogP contribution in [0.4, 0.5) is 18.9 Å². The van der Waals surface area contributed by atoms with Crippen LogP contribution in [0.15, 0.2) is 36.4 Å². The van der Waals surface area contributed by atoms with E-state index in [0.717, 1.165) is 0 Å². The van der Waals surface area contributed by atoms with E-state index in [1.165, 1.54) is 18.2 Å². The van der Waals surface area contributed by atoms with Crippen LogP contribution in [0.3, 0.4) is 0 Å². The molecule has 6 rings (SSSR count). The van der Waals surface area contributed by atoms with E-state index in [9.17, 15) is 23.2 Å². The van der Waals surface area contributed by atoms with Gasteiger partial charge in [0.25, 0.3) is 0 Å². The number of nitrogens with two attached hydrogens (primary N) is 1. The van der Waals surface area contributed by atoms with E-state index in [-0.39, 0.29) is 35.4 Å². The molecule has 0 bridgehead atoms. The number of carbonyl (C=O) groups excluding carboxylic acids is 3. The lowest BCUT2D eigenvalue weighted by molar-refractivity contribution is -0.131. The minimum atomic E-state index is -1.62. The Morgan fingerprint density at radius 2 is 1.80 bits per heavy atom. The van der Waals surface area contributed by atoms with Gasteiger partial charge in [-0.25, -0.2) is 4.39 Å². The van der Waals surface area contributed by atoms with E-state index >= 15 is 4.39 Å². The van der Waals surface area contributed by atoms with Crippen LogP contribution >= 0.6 is 23.2 Å². The average molecular weight is 595 g/mol. The first-order chi connectivity index (χ1) is 19.0. The van der Waals surface area contributed by atoms with Gasteiger partial charge in [0.1, 0.15) is 11.2 Å². The Bertz CT molecular complexity index is 1420. The lowest BCUT2D eigenvalue weighted by Crippen LogP contribution is -2.70. The van der Waals surface area contributed by atoms with Crippen LogP contribution < -0.4 is 21.7 Å². The Morgan fingerprint density at radius 3 is 2.45 bits per heavy atom. The number of primary amides is 1. The number of alkyl halides is 2. The molecule has 5 N–H and O–H groups in total. The predicted molar refractivity (Wildman–Crippen MR) is 143 cm³/mol. The second-order valence-electron chi connectivity index (χ2n) is 11.7. The first kappa shape index (κ1) is 27.4. The third-order valence-corrected chi connectivity index (χ3v) is 9.93. The van der Waals surface area contributed by atoms with Gasteiger partial charge in [-0.15, -0.1) is 0 Å². The van der Waals surface area contributed by atoms with Crippen LogP contribution in [0.2, 0.25) is 10.0 Å². The van der Waals surface area contributed by atoms with Crippen molar-refractivity contribution < 1.29 is 27.6 Å². The Labute approximate surface area is 238 Å². The maximum Gasteiger partial charge on any atom is 0.238 e. The van der Waals surface area contributed by atoms with Crippen molar-refractivity contribution in [2.45, 2.75) is 54.6 Å². The number of carbonyl (C=O) groups is 3. The first-order valence-electron chi connectivity index (χ1n) is 13.1. The Balaban J connectivity index is 1.52. The van der Waals surface area contributed by atoms with Gasteiger partial charge in [0.15, 0.2) is 0 Å². The quantitative estimate of drug-likeness (QED) is 0.406. The summed E-state index contributed by atoms with van der Waals surface area (Å²) in [6.45, 7) is -1.91. The van der Waals surface area contributed by atoms with Crippen LogP contribution in [-0.2, 0) is 19.8 Å². The van der Waals surface area contributed by atoms with Crippen molar-refractivity contribution in [1.82, 2.24) is 10.6 Å². The number of benzene rings is 2. The largest absolute Gasteiger partial charge is 0.369 e. The van der Waals surface area contributed by atoms with Crippen molar-refractivity contribution >= 4 is 46.6 Å². The van der Waals surface area contributed by atoms with Gasteiger partial charge in [-0.05, 0) is 55.0 Å². The molecule has 2 saturated carbocycles. The minimum Gasteiger partial charge on any atom is -0.369 e. The molecule has 12 heteroatoms. The molecule has 2 spiro atoms. The van der Waals surface area contributed by atoms with E-state index < -0.39 is 65.2 Å². The van der Waals surface area contributed by atoms with Crippen molar-refractivity contribution in [2.75, 3.05) is 18.7 Å². The summed E-state index contributed by atoms with van der Waals surface area (Å²) in [7, 11) is 0. The highest BCUT2D eigenvalue weighted by atomic mass is 35.5. The summed E-state index contributed by atoms with van der Waals surface area (Å²) < 4.78 is 44.2. The number of halogens is 5. The summed E-state index contributed by atoms with van der Waals surface area (Å²) in [4.78, 5) is 39.6. The lowest BCUT2D eigenvalue weighted by atomic mass is 9.46.